The second-order valence-electron chi connectivity index (χ2n) is 6.67. The van der Waals surface area contributed by atoms with Gasteiger partial charge in [0.25, 0.3) is 0 Å². The Balaban J connectivity index is 2.27. The number of allylic oxidation sites excluding steroid dienone is 1. The minimum atomic E-state index is 0.474. The molecule has 2 rings (SSSR count). The van der Waals surface area contributed by atoms with Crippen molar-refractivity contribution in [3.8, 4) is 0 Å². The summed E-state index contributed by atoms with van der Waals surface area (Å²) in [6.45, 7) is 12.5. The number of anilines is 2. The van der Waals surface area contributed by atoms with Gasteiger partial charge >= 0.3 is 0 Å². The zero-order chi connectivity index (χ0) is 19.8. The van der Waals surface area contributed by atoms with E-state index in [9.17, 15) is 0 Å². The molecule has 6 heteroatoms. The van der Waals surface area contributed by atoms with Gasteiger partial charge in [0, 0.05) is 11.6 Å². The maximum atomic E-state index is 6.26. The summed E-state index contributed by atoms with van der Waals surface area (Å²) in [5.41, 5.74) is 10.3. The Morgan fingerprint density at radius 3 is 2.37 bits per heavy atom. The van der Waals surface area contributed by atoms with Crippen LogP contribution in [-0.4, -0.2) is 41.0 Å². The first kappa shape index (κ1) is 21.2. The Morgan fingerprint density at radius 2 is 1.78 bits per heavy atom. The fourth-order valence-corrected chi connectivity index (χ4v) is 3.25. The van der Waals surface area contributed by atoms with Crippen molar-refractivity contribution in [1.29, 1.82) is 0 Å². The normalized spacial score (nSPS) is 10.9. The van der Waals surface area contributed by atoms with Gasteiger partial charge in [0.1, 0.15) is 18.0 Å². The average molecular weight is 388 g/mol. The molecule has 0 aliphatic rings. The fourth-order valence-electron chi connectivity index (χ4n) is 3.13. The van der Waals surface area contributed by atoms with Crippen LogP contribution in [0.4, 0.5) is 11.6 Å². The highest BCUT2D eigenvalue weighted by Crippen LogP contribution is 2.34. The highest BCUT2D eigenvalue weighted by molar-refractivity contribution is 6.30. The van der Waals surface area contributed by atoms with E-state index in [0.29, 0.717) is 10.8 Å². The lowest BCUT2D eigenvalue weighted by atomic mass is 9.94. The molecular formula is C21H30ClN5. The number of nitrogens with zero attached hydrogens (tertiary/aromatic N) is 3. The molecule has 0 spiro atoms. The molecule has 3 N–H and O–H groups in total. The molecule has 0 aliphatic carbocycles. The maximum Gasteiger partial charge on any atom is 0.139 e. The van der Waals surface area contributed by atoms with Crippen LogP contribution in [0, 0.1) is 0 Å². The molecule has 0 atom stereocenters. The average Bonchev–Trinajstić information content (AvgIpc) is 2.65. The zero-order valence-electron chi connectivity index (χ0n) is 16.7. The summed E-state index contributed by atoms with van der Waals surface area (Å²) in [6, 6.07) is 7.77. The van der Waals surface area contributed by atoms with Gasteiger partial charge in [0.15, 0.2) is 0 Å². The Bertz CT molecular complexity index is 763. The van der Waals surface area contributed by atoms with E-state index in [4.69, 9.17) is 17.3 Å². The lowest BCUT2D eigenvalue weighted by Crippen LogP contribution is -2.25. The molecular weight excluding hydrogens is 358 g/mol. The van der Waals surface area contributed by atoms with Crippen molar-refractivity contribution in [2.75, 3.05) is 37.2 Å². The number of nitrogen functional groups attached to an aromatic ring is 1. The first-order chi connectivity index (χ1) is 13.0. The topological polar surface area (TPSA) is 67.1 Å². The van der Waals surface area contributed by atoms with Crippen LogP contribution in [0.2, 0.25) is 5.02 Å². The van der Waals surface area contributed by atoms with Gasteiger partial charge in [0.2, 0.25) is 0 Å². The number of hydrogen-bond acceptors (Lipinski definition) is 5. The second-order valence-corrected chi connectivity index (χ2v) is 7.11. The lowest BCUT2D eigenvalue weighted by Gasteiger charge is -2.19. The van der Waals surface area contributed by atoms with Gasteiger partial charge in [-0.05, 0) is 63.2 Å². The molecule has 0 amide bonds. The van der Waals surface area contributed by atoms with Crippen LogP contribution in [0.3, 0.4) is 0 Å². The fraction of sp³-hybridized carbons (Fsp3) is 0.429. The largest absolute Gasteiger partial charge is 0.383 e. The second kappa shape index (κ2) is 10.3. The molecule has 2 aromatic rings. The monoisotopic (exact) mass is 387 g/mol. The van der Waals surface area contributed by atoms with Crippen LogP contribution < -0.4 is 11.1 Å². The van der Waals surface area contributed by atoms with Crippen molar-refractivity contribution in [2.45, 2.75) is 34.1 Å². The van der Waals surface area contributed by atoms with Gasteiger partial charge in [-0.2, -0.15) is 0 Å². The van der Waals surface area contributed by atoms with E-state index < -0.39 is 0 Å². The van der Waals surface area contributed by atoms with Gasteiger partial charge in [-0.1, -0.05) is 43.2 Å². The van der Waals surface area contributed by atoms with Gasteiger partial charge < -0.3 is 16.0 Å². The Kier molecular flexibility index (Phi) is 8.07. The van der Waals surface area contributed by atoms with Crippen LogP contribution >= 0.6 is 11.6 Å². The summed E-state index contributed by atoms with van der Waals surface area (Å²) < 4.78 is 0. The van der Waals surface area contributed by atoms with Gasteiger partial charge in [-0.3, -0.25) is 0 Å². The molecule has 0 aliphatic heterocycles. The van der Waals surface area contributed by atoms with Crippen molar-refractivity contribution in [2.24, 2.45) is 0 Å². The molecule has 0 saturated carbocycles. The molecule has 146 valence electrons. The molecule has 27 heavy (non-hydrogen) atoms. The third-order valence-corrected chi connectivity index (χ3v) is 4.85. The number of nitrogens with two attached hydrogens (primary N) is 1. The van der Waals surface area contributed by atoms with Crippen LogP contribution in [0.15, 0.2) is 36.2 Å². The third kappa shape index (κ3) is 5.68. The van der Waals surface area contributed by atoms with Crippen LogP contribution in [0.5, 0.6) is 0 Å². The van der Waals surface area contributed by atoms with E-state index in [1.165, 1.54) is 6.33 Å². The first-order valence-corrected chi connectivity index (χ1v) is 9.86. The zero-order valence-corrected chi connectivity index (χ0v) is 17.5. The molecule has 0 bridgehead atoms. The maximum absolute atomic E-state index is 6.26. The number of rotatable bonds is 9. The summed E-state index contributed by atoms with van der Waals surface area (Å²) in [4.78, 5) is 11.1. The minimum absolute atomic E-state index is 0.474. The highest BCUT2D eigenvalue weighted by Gasteiger charge is 2.17. The number of benzene rings is 1. The predicted octanol–water partition coefficient (Wildman–Crippen LogP) is 4.70. The SMILES string of the molecule is CCN(CC)CCCNc1ncnc(N)c1C(=C(C)C)c1ccc(Cl)cc1. The first-order valence-electron chi connectivity index (χ1n) is 9.48. The standard InChI is InChI=1S/C21H30ClN5/c1-5-27(6-2)13-7-12-24-21-19(20(23)25-14-26-21)18(15(3)4)16-8-10-17(22)11-9-16/h8-11,14H,5-7,12-13H2,1-4H3,(H3,23,24,25,26). The Morgan fingerprint density at radius 1 is 1.11 bits per heavy atom. The minimum Gasteiger partial charge on any atom is -0.383 e. The van der Waals surface area contributed by atoms with Crippen molar-refractivity contribution < 1.29 is 0 Å². The van der Waals surface area contributed by atoms with Crippen LogP contribution in [0.25, 0.3) is 5.57 Å². The molecule has 1 aromatic carbocycles. The van der Waals surface area contributed by atoms with E-state index >= 15 is 0 Å². The summed E-state index contributed by atoms with van der Waals surface area (Å²) in [6.07, 6.45) is 2.55. The van der Waals surface area contributed by atoms with Gasteiger partial charge in [-0.25, -0.2) is 9.97 Å². The number of nitrogens with one attached hydrogen (secondary N) is 1. The van der Waals surface area contributed by atoms with E-state index in [-0.39, 0.29) is 0 Å². The van der Waals surface area contributed by atoms with Crippen LogP contribution in [0.1, 0.15) is 45.2 Å². The lowest BCUT2D eigenvalue weighted by molar-refractivity contribution is 0.303. The molecule has 0 radical (unpaired) electrons. The molecule has 5 nitrogen and oxygen atoms in total. The number of hydrogen-bond donors (Lipinski definition) is 2. The van der Waals surface area contributed by atoms with Gasteiger partial charge in [0.05, 0.1) is 5.56 Å². The summed E-state index contributed by atoms with van der Waals surface area (Å²) >= 11 is 6.06. The summed E-state index contributed by atoms with van der Waals surface area (Å²) in [5, 5.41) is 4.16. The van der Waals surface area contributed by atoms with Crippen molar-refractivity contribution in [3.63, 3.8) is 0 Å². The van der Waals surface area contributed by atoms with Gasteiger partial charge in [-0.15, -0.1) is 0 Å². The van der Waals surface area contributed by atoms with Crippen molar-refractivity contribution in [1.82, 2.24) is 14.9 Å². The summed E-state index contributed by atoms with van der Waals surface area (Å²) in [7, 11) is 0. The Labute approximate surface area is 167 Å². The molecule has 1 heterocycles. The van der Waals surface area contributed by atoms with E-state index in [2.05, 4.69) is 47.9 Å². The predicted molar refractivity (Wildman–Crippen MR) is 116 cm³/mol. The van der Waals surface area contributed by atoms with E-state index in [1.54, 1.807) is 0 Å². The van der Waals surface area contributed by atoms with E-state index in [0.717, 1.165) is 60.7 Å². The van der Waals surface area contributed by atoms with Crippen LogP contribution in [-0.2, 0) is 0 Å². The summed E-state index contributed by atoms with van der Waals surface area (Å²) in [5.74, 6) is 1.25. The number of halogens is 1. The van der Waals surface area contributed by atoms with E-state index in [1.807, 2.05) is 24.3 Å². The third-order valence-electron chi connectivity index (χ3n) is 4.60. The smallest absolute Gasteiger partial charge is 0.139 e. The molecule has 0 saturated heterocycles. The Hall–Kier alpha value is -2.11. The molecule has 0 fully saturated rings. The quantitative estimate of drug-likeness (QED) is 0.610. The molecule has 1 aromatic heterocycles. The number of aromatic nitrogens is 2. The molecule has 0 unspecified atom stereocenters. The highest BCUT2D eigenvalue weighted by atomic mass is 35.5. The van der Waals surface area contributed by atoms with Crippen molar-refractivity contribution in [3.05, 3.63) is 52.3 Å². The van der Waals surface area contributed by atoms with Crippen molar-refractivity contribution >= 4 is 28.8 Å².